The Morgan fingerprint density at radius 1 is 1.38 bits per heavy atom. The Kier molecular flexibility index (Phi) is 5.34. The van der Waals surface area contributed by atoms with Crippen LogP contribution >= 0.6 is 23.2 Å². The molecule has 1 aliphatic rings. The molecule has 0 aliphatic heterocycles. The fourth-order valence-electron chi connectivity index (χ4n) is 3.43. The summed E-state index contributed by atoms with van der Waals surface area (Å²) in [4.78, 5) is 15.1. The van der Waals surface area contributed by atoms with Gasteiger partial charge in [0.15, 0.2) is 5.78 Å². The van der Waals surface area contributed by atoms with Crippen LogP contribution in [0, 0.1) is 5.92 Å². The Morgan fingerprint density at radius 3 is 2.67 bits per heavy atom. The molecule has 0 spiro atoms. The highest BCUT2D eigenvalue weighted by atomic mass is 35.5. The number of benzene rings is 1. The number of likely N-dealkylation sites (N-methyl/N-ethyl adjacent to an activating group) is 1. The highest BCUT2D eigenvalue weighted by Gasteiger charge is 2.43. The molecule has 0 bridgehead atoms. The van der Waals surface area contributed by atoms with Gasteiger partial charge in [-0.15, -0.1) is 0 Å². The van der Waals surface area contributed by atoms with E-state index in [2.05, 4.69) is 11.8 Å². The molecule has 4 heteroatoms. The summed E-state index contributed by atoms with van der Waals surface area (Å²) in [5, 5.41) is 1.18. The quantitative estimate of drug-likeness (QED) is 0.804. The second-order valence-corrected chi connectivity index (χ2v) is 7.31. The maximum atomic E-state index is 13.0. The largest absolute Gasteiger partial charge is 0.297 e. The molecule has 1 aromatic rings. The van der Waals surface area contributed by atoms with E-state index in [1.807, 2.05) is 20.2 Å². The maximum Gasteiger partial charge on any atom is 0.157 e. The number of hydrogen-bond acceptors (Lipinski definition) is 2. The molecule has 0 amide bonds. The van der Waals surface area contributed by atoms with Crippen molar-refractivity contribution < 1.29 is 4.79 Å². The van der Waals surface area contributed by atoms with Gasteiger partial charge < -0.3 is 0 Å². The van der Waals surface area contributed by atoms with E-state index in [0.717, 1.165) is 24.8 Å². The molecule has 116 valence electrons. The smallest absolute Gasteiger partial charge is 0.157 e. The minimum Gasteiger partial charge on any atom is -0.297 e. The highest BCUT2D eigenvalue weighted by Crippen LogP contribution is 2.37. The van der Waals surface area contributed by atoms with Crippen LogP contribution in [0.15, 0.2) is 18.2 Å². The number of halogens is 2. The van der Waals surface area contributed by atoms with Crippen LogP contribution in [0.5, 0.6) is 0 Å². The van der Waals surface area contributed by atoms with E-state index in [0.29, 0.717) is 22.4 Å². The van der Waals surface area contributed by atoms with Crippen LogP contribution in [0.25, 0.3) is 0 Å². The predicted molar refractivity (Wildman–Crippen MR) is 89.2 cm³/mol. The molecular formula is C17H23Cl2NO. The van der Waals surface area contributed by atoms with E-state index in [1.54, 1.807) is 12.1 Å². The van der Waals surface area contributed by atoms with Gasteiger partial charge in [-0.1, -0.05) is 49.0 Å². The van der Waals surface area contributed by atoms with E-state index in [9.17, 15) is 4.79 Å². The summed E-state index contributed by atoms with van der Waals surface area (Å²) in [7, 11) is 4.03. The van der Waals surface area contributed by atoms with E-state index in [-0.39, 0.29) is 11.3 Å². The van der Waals surface area contributed by atoms with Crippen LogP contribution in [0.1, 0.15) is 38.2 Å². The Bertz CT molecular complexity index is 530. The van der Waals surface area contributed by atoms with Crippen LogP contribution in [-0.2, 0) is 11.2 Å². The summed E-state index contributed by atoms with van der Waals surface area (Å²) in [5.74, 6) is 0.856. The Balaban J connectivity index is 2.23. The summed E-state index contributed by atoms with van der Waals surface area (Å²) in [6, 6.07) is 5.36. The van der Waals surface area contributed by atoms with Gasteiger partial charge in [-0.25, -0.2) is 0 Å². The summed E-state index contributed by atoms with van der Waals surface area (Å²) < 4.78 is 0. The van der Waals surface area contributed by atoms with E-state index in [1.165, 1.54) is 6.42 Å². The lowest BCUT2D eigenvalue weighted by atomic mass is 9.72. The van der Waals surface area contributed by atoms with E-state index in [4.69, 9.17) is 23.2 Å². The average Bonchev–Trinajstić information content (AvgIpc) is 2.41. The first-order chi connectivity index (χ1) is 9.85. The molecule has 0 saturated heterocycles. The van der Waals surface area contributed by atoms with Crippen molar-refractivity contribution >= 4 is 29.0 Å². The van der Waals surface area contributed by atoms with Crippen LogP contribution in [0.3, 0.4) is 0 Å². The summed E-state index contributed by atoms with van der Waals surface area (Å²) in [6.07, 6.45) is 4.57. The Hall–Kier alpha value is -0.570. The van der Waals surface area contributed by atoms with Gasteiger partial charge >= 0.3 is 0 Å². The first kappa shape index (κ1) is 16.8. The van der Waals surface area contributed by atoms with E-state index >= 15 is 0 Å². The zero-order valence-corrected chi connectivity index (χ0v) is 14.5. The molecule has 0 heterocycles. The number of ketones is 1. The van der Waals surface area contributed by atoms with Gasteiger partial charge in [0.25, 0.3) is 0 Å². The molecular weight excluding hydrogens is 305 g/mol. The number of carbonyl (C=O) groups excluding carboxylic acids is 1. The molecule has 21 heavy (non-hydrogen) atoms. The summed E-state index contributed by atoms with van der Waals surface area (Å²) in [5.41, 5.74) is 0.520. The number of carbonyl (C=O) groups is 1. The van der Waals surface area contributed by atoms with Gasteiger partial charge in [0.1, 0.15) is 0 Å². The Labute approximate surface area is 137 Å². The average molecular weight is 328 g/mol. The van der Waals surface area contributed by atoms with Crippen molar-refractivity contribution in [1.29, 1.82) is 0 Å². The molecule has 2 rings (SSSR count). The second-order valence-electron chi connectivity index (χ2n) is 6.46. The molecule has 1 fully saturated rings. The molecule has 1 aromatic carbocycles. The monoisotopic (exact) mass is 327 g/mol. The lowest BCUT2D eigenvalue weighted by Gasteiger charge is -2.44. The molecule has 0 aromatic heterocycles. The maximum absolute atomic E-state index is 13.0. The third-order valence-corrected chi connectivity index (χ3v) is 5.30. The molecule has 2 unspecified atom stereocenters. The summed E-state index contributed by atoms with van der Waals surface area (Å²) in [6.45, 7) is 2.24. The van der Waals surface area contributed by atoms with Crippen LogP contribution < -0.4 is 0 Å². The summed E-state index contributed by atoms with van der Waals surface area (Å²) >= 11 is 12.1. The van der Waals surface area contributed by atoms with Crippen molar-refractivity contribution in [3.63, 3.8) is 0 Å². The van der Waals surface area contributed by atoms with Crippen molar-refractivity contribution in [2.45, 2.75) is 44.6 Å². The number of hydrogen-bond donors (Lipinski definition) is 0. The third kappa shape index (κ3) is 3.61. The standard InChI is InChI=1S/C17H23Cl2NO/c1-12-5-4-8-17(11-12,20(2)3)16(21)9-13-6-7-14(18)10-15(13)19/h6-7,10,12H,4-5,8-9,11H2,1-3H3. The van der Waals surface area contributed by atoms with Gasteiger partial charge in [-0.3, -0.25) is 9.69 Å². The van der Waals surface area contributed by atoms with Crippen molar-refractivity contribution in [3.8, 4) is 0 Å². The number of Topliss-reactive ketones (excluding diaryl/α,β-unsaturated/α-hetero) is 1. The van der Waals surface area contributed by atoms with Crippen molar-refractivity contribution in [1.82, 2.24) is 4.90 Å². The third-order valence-electron chi connectivity index (χ3n) is 4.71. The van der Waals surface area contributed by atoms with Crippen LogP contribution in [-0.4, -0.2) is 30.3 Å². The fourth-order valence-corrected chi connectivity index (χ4v) is 3.91. The molecule has 1 saturated carbocycles. The van der Waals surface area contributed by atoms with Crippen molar-refractivity contribution in [3.05, 3.63) is 33.8 Å². The van der Waals surface area contributed by atoms with Gasteiger partial charge in [-0.2, -0.15) is 0 Å². The molecule has 2 nitrogen and oxygen atoms in total. The van der Waals surface area contributed by atoms with Gasteiger partial charge in [0, 0.05) is 16.5 Å². The SMILES string of the molecule is CC1CCCC(C(=O)Cc2ccc(Cl)cc2Cl)(N(C)C)C1. The van der Waals surface area contributed by atoms with Gasteiger partial charge in [0.05, 0.1) is 5.54 Å². The fraction of sp³-hybridized carbons (Fsp3) is 0.588. The zero-order chi connectivity index (χ0) is 15.6. The molecule has 1 aliphatic carbocycles. The number of rotatable bonds is 4. The predicted octanol–water partition coefficient (Wildman–Crippen LogP) is 4.62. The normalized spacial score (nSPS) is 26.1. The lowest BCUT2D eigenvalue weighted by Crippen LogP contribution is -2.54. The topological polar surface area (TPSA) is 20.3 Å². The first-order valence-electron chi connectivity index (χ1n) is 7.50. The van der Waals surface area contributed by atoms with E-state index < -0.39 is 0 Å². The number of nitrogens with zero attached hydrogens (tertiary/aromatic N) is 1. The minimum absolute atomic E-state index is 0.267. The minimum atomic E-state index is -0.347. The molecule has 0 radical (unpaired) electrons. The first-order valence-corrected chi connectivity index (χ1v) is 8.25. The lowest BCUT2D eigenvalue weighted by molar-refractivity contribution is -0.132. The second kappa shape index (κ2) is 6.68. The molecule has 2 atom stereocenters. The molecule has 0 N–H and O–H groups in total. The van der Waals surface area contributed by atoms with Crippen LogP contribution in [0.2, 0.25) is 10.0 Å². The van der Waals surface area contributed by atoms with Gasteiger partial charge in [-0.05, 0) is 50.6 Å². The van der Waals surface area contributed by atoms with Crippen molar-refractivity contribution in [2.24, 2.45) is 5.92 Å². The Morgan fingerprint density at radius 2 is 2.10 bits per heavy atom. The highest BCUT2D eigenvalue weighted by molar-refractivity contribution is 6.35. The van der Waals surface area contributed by atoms with Crippen molar-refractivity contribution in [2.75, 3.05) is 14.1 Å². The zero-order valence-electron chi connectivity index (χ0n) is 13.0. The van der Waals surface area contributed by atoms with Gasteiger partial charge in [0.2, 0.25) is 0 Å². The van der Waals surface area contributed by atoms with Crippen LogP contribution in [0.4, 0.5) is 0 Å².